The quantitative estimate of drug-likeness (QED) is 0.495. The third-order valence-corrected chi connectivity index (χ3v) is 1.64. The Labute approximate surface area is 60.3 Å². The lowest BCUT2D eigenvalue weighted by atomic mass is 10.1. The highest BCUT2D eigenvalue weighted by atomic mass is 16.1. The van der Waals surface area contributed by atoms with E-state index in [9.17, 15) is 4.79 Å². The minimum atomic E-state index is -0.293. The van der Waals surface area contributed by atoms with E-state index in [0.717, 1.165) is 13.0 Å². The monoisotopic (exact) mass is 140 g/mol. The van der Waals surface area contributed by atoms with Gasteiger partial charge >= 0.3 is 0 Å². The molecule has 0 fully saturated rings. The molecular weight excluding hydrogens is 128 g/mol. The van der Waals surface area contributed by atoms with Crippen LogP contribution in [0.1, 0.15) is 13.3 Å². The lowest BCUT2D eigenvalue weighted by Crippen LogP contribution is -2.42. The van der Waals surface area contributed by atoms with Crippen molar-refractivity contribution < 1.29 is 4.79 Å². The molecule has 3 N–H and O–H groups in total. The molecule has 0 aliphatic carbocycles. The van der Waals surface area contributed by atoms with Crippen molar-refractivity contribution in [3.05, 3.63) is 11.6 Å². The number of nitrogens with two attached hydrogens (primary N) is 1. The molecule has 0 radical (unpaired) electrons. The molecule has 0 aromatic heterocycles. The highest BCUT2D eigenvalue weighted by Gasteiger charge is 2.14. The van der Waals surface area contributed by atoms with Crippen molar-refractivity contribution in [3.8, 4) is 0 Å². The van der Waals surface area contributed by atoms with Gasteiger partial charge in [-0.05, 0) is 19.9 Å². The first kappa shape index (κ1) is 7.28. The minimum absolute atomic E-state index is 0.242. The van der Waals surface area contributed by atoms with Gasteiger partial charge in [0.1, 0.15) is 6.04 Å². The van der Waals surface area contributed by atoms with Crippen LogP contribution in [-0.4, -0.2) is 18.5 Å². The number of carbonyl (C=O) groups is 1. The number of carbonyl (C=O) groups excluding carboxylic acids is 1. The van der Waals surface area contributed by atoms with E-state index in [-0.39, 0.29) is 11.9 Å². The second-order valence-electron chi connectivity index (χ2n) is 2.60. The molecule has 1 unspecified atom stereocenters. The summed E-state index contributed by atoms with van der Waals surface area (Å²) in [7, 11) is 0. The normalized spacial score (nSPS) is 25.7. The maximum atomic E-state index is 10.6. The third-order valence-electron chi connectivity index (χ3n) is 1.64. The molecule has 1 aliphatic rings. The highest BCUT2D eigenvalue weighted by Crippen LogP contribution is 2.05. The number of rotatable bonds is 1. The van der Waals surface area contributed by atoms with Crippen LogP contribution in [-0.2, 0) is 4.79 Å². The molecule has 10 heavy (non-hydrogen) atoms. The summed E-state index contributed by atoms with van der Waals surface area (Å²) in [6.45, 7) is 2.87. The van der Waals surface area contributed by atoms with Crippen LogP contribution in [0.25, 0.3) is 0 Å². The van der Waals surface area contributed by atoms with Gasteiger partial charge in [0.15, 0.2) is 0 Å². The Morgan fingerprint density at radius 1 is 1.90 bits per heavy atom. The molecule has 1 amide bonds. The maximum Gasteiger partial charge on any atom is 0.238 e. The Morgan fingerprint density at radius 3 is 3.00 bits per heavy atom. The predicted molar refractivity (Wildman–Crippen MR) is 39.4 cm³/mol. The summed E-state index contributed by atoms with van der Waals surface area (Å²) in [5.74, 6) is -0.293. The molecule has 3 heteroatoms. The van der Waals surface area contributed by atoms with Gasteiger partial charge in [0.2, 0.25) is 5.91 Å². The van der Waals surface area contributed by atoms with Crippen LogP contribution >= 0.6 is 0 Å². The van der Waals surface area contributed by atoms with Crippen LogP contribution < -0.4 is 11.1 Å². The lowest BCUT2D eigenvalue weighted by Gasteiger charge is -2.17. The fraction of sp³-hybridized carbons (Fsp3) is 0.571. The second-order valence-corrected chi connectivity index (χ2v) is 2.60. The van der Waals surface area contributed by atoms with Crippen LogP contribution in [0.15, 0.2) is 11.6 Å². The van der Waals surface area contributed by atoms with Gasteiger partial charge in [-0.3, -0.25) is 4.79 Å². The molecule has 56 valence electrons. The van der Waals surface area contributed by atoms with Crippen LogP contribution in [0, 0.1) is 0 Å². The Hall–Kier alpha value is -0.830. The molecule has 0 bridgehead atoms. The maximum absolute atomic E-state index is 10.6. The van der Waals surface area contributed by atoms with Crippen LogP contribution in [0.4, 0.5) is 0 Å². The van der Waals surface area contributed by atoms with E-state index in [0.29, 0.717) is 0 Å². The molecule has 3 nitrogen and oxygen atoms in total. The Kier molecular flexibility index (Phi) is 2.06. The number of nitrogens with one attached hydrogen (secondary N) is 1. The zero-order valence-corrected chi connectivity index (χ0v) is 6.05. The van der Waals surface area contributed by atoms with Gasteiger partial charge in [0.05, 0.1) is 0 Å². The average molecular weight is 140 g/mol. The zero-order valence-electron chi connectivity index (χ0n) is 6.05. The van der Waals surface area contributed by atoms with Crippen molar-refractivity contribution in [2.75, 3.05) is 6.54 Å². The number of primary amides is 1. The van der Waals surface area contributed by atoms with Gasteiger partial charge in [0, 0.05) is 0 Å². The summed E-state index contributed by atoms with van der Waals surface area (Å²) in [6.07, 6.45) is 2.90. The van der Waals surface area contributed by atoms with E-state index >= 15 is 0 Å². The van der Waals surface area contributed by atoms with E-state index in [4.69, 9.17) is 5.73 Å². The van der Waals surface area contributed by atoms with E-state index in [1.807, 2.05) is 13.0 Å². The molecule has 0 spiro atoms. The van der Waals surface area contributed by atoms with Crippen molar-refractivity contribution in [1.29, 1.82) is 0 Å². The molecule has 0 aromatic rings. The minimum Gasteiger partial charge on any atom is -0.368 e. The largest absolute Gasteiger partial charge is 0.368 e. The molecule has 0 saturated heterocycles. The number of hydrogen-bond donors (Lipinski definition) is 2. The fourth-order valence-electron chi connectivity index (χ4n) is 1.03. The first-order chi connectivity index (χ1) is 4.70. The van der Waals surface area contributed by atoms with Crippen LogP contribution in [0.3, 0.4) is 0 Å². The summed E-state index contributed by atoms with van der Waals surface area (Å²) >= 11 is 0. The van der Waals surface area contributed by atoms with Gasteiger partial charge in [-0.1, -0.05) is 11.6 Å². The predicted octanol–water partition coefficient (Wildman–Crippen LogP) is -0.220. The second kappa shape index (κ2) is 2.84. The van der Waals surface area contributed by atoms with Crippen LogP contribution in [0.2, 0.25) is 0 Å². The first-order valence-electron chi connectivity index (χ1n) is 3.40. The average Bonchev–Trinajstić information content (AvgIpc) is 1.88. The van der Waals surface area contributed by atoms with Crippen molar-refractivity contribution in [3.63, 3.8) is 0 Å². The van der Waals surface area contributed by atoms with E-state index in [2.05, 4.69) is 5.32 Å². The molecule has 1 atom stereocenters. The van der Waals surface area contributed by atoms with Crippen LogP contribution in [0.5, 0.6) is 0 Å². The summed E-state index contributed by atoms with van der Waals surface area (Å²) in [5, 5.41) is 3.00. The Morgan fingerprint density at radius 2 is 2.60 bits per heavy atom. The van der Waals surface area contributed by atoms with Gasteiger partial charge in [-0.2, -0.15) is 0 Å². The Balaban J connectivity index is 2.62. The van der Waals surface area contributed by atoms with Gasteiger partial charge < -0.3 is 11.1 Å². The summed E-state index contributed by atoms with van der Waals surface area (Å²) in [4.78, 5) is 10.6. The number of amides is 1. The summed E-state index contributed by atoms with van der Waals surface area (Å²) < 4.78 is 0. The van der Waals surface area contributed by atoms with E-state index in [1.54, 1.807) is 0 Å². The summed E-state index contributed by atoms with van der Waals surface area (Å²) in [5.41, 5.74) is 6.32. The molecule has 0 aromatic carbocycles. The van der Waals surface area contributed by atoms with Crippen molar-refractivity contribution in [1.82, 2.24) is 5.32 Å². The molecule has 0 saturated carbocycles. The smallest absolute Gasteiger partial charge is 0.238 e. The SMILES string of the molecule is CC1=CC(C(N)=O)NCC1. The van der Waals surface area contributed by atoms with Gasteiger partial charge in [-0.15, -0.1) is 0 Å². The van der Waals surface area contributed by atoms with E-state index < -0.39 is 0 Å². The molecule has 1 heterocycles. The van der Waals surface area contributed by atoms with Gasteiger partial charge in [-0.25, -0.2) is 0 Å². The third kappa shape index (κ3) is 1.57. The van der Waals surface area contributed by atoms with Crippen molar-refractivity contribution in [2.24, 2.45) is 5.73 Å². The van der Waals surface area contributed by atoms with E-state index in [1.165, 1.54) is 5.57 Å². The molecule has 1 aliphatic heterocycles. The van der Waals surface area contributed by atoms with Crippen molar-refractivity contribution in [2.45, 2.75) is 19.4 Å². The summed E-state index contributed by atoms with van der Waals surface area (Å²) in [6, 6.07) is -0.242. The zero-order chi connectivity index (χ0) is 7.56. The first-order valence-corrected chi connectivity index (χ1v) is 3.40. The molecule has 1 rings (SSSR count). The Bertz CT molecular complexity index is 174. The molecular formula is C7H12N2O. The highest BCUT2D eigenvalue weighted by molar-refractivity contribution is 5.82. The standard InChI is InChI=1S/C7H12N2O/c1-5-2-3-9-6(4-5)7(8)10/h4,6,9H,2-3H2,1H3,(H2,8,10). The lowest BCUT2D eigenvalue weighted by molar-refractivity contribution is -0.119. The topological polar surface area (TPSA) is 55.1 Å². The fourth-order valence-corrected chi connectivity index (χ4v) is 1.03. The number of hydrogen-bond acceptors (Lipinski definition) is 2. The van der Waals surface area contributed by atoms with Crippen molar-refractivity contribution >= 4 is 5.91 Å². The van der Waals surface area contributed by atoms with Gasteiger partial charge in [0.25, 0.3) is 0 Å².